The second-order valence-corrected chi connectivity index (χ2v) is 6.41. The average Bonchev–Trinajstić information content (AvgIpc) is 2.72. The minimum Gasteiger partial charge on any atom is -0.351 e. The molecule has 2 aromatic carbocycles. The second-order valence-electron chi connectivity index (χ2n) is 6.41. The standard InChI is InChI=1S/C22H28O5/c1-3-21(26-17-24-14-19-10-6-4-7-11-19)22(2,16-23)27-18-25-15-20-12-8-5-9-13-20/h4-13,16,21H,3,14-15,17-18H2,1-2H3/t21-,22+/m1/s1. The number of carbonyl (C=O) groups is 1. The predicted octanol–water partition coefficient (Wildman–Crippen LogP) is 4.10. The minimum atomic E-state index is -1.10. The fraction of sp³-hybridized carbons (Fsp3) is 0.409. The maximum Gasteiger partial charge on any atom is 0.154 e. The van der Waals surface area contributed by atoms with Crippen LogP contribution in [0.3, 0.4) is 0 Å². The Morgan fingerprint density at radius 3 is 1.89 bits per heavy atom. The first kappa shape index (κ1) is 21.3. The Morgan fingerprint density at radius 1 is 0.889 bits per heavy atom. The van der Waals surface area contributed by atoms with Crippen molar-refractivity contribution < 1.29 is 23.7 Å². The fourth-order valence-electron chi connectivity index (χ4n) is 2.66. The third-order valence-electron chi connectivity index (χ3n) is 4.27. The fourth-order valence-corrected chi connectivity index (χ4v) is 2.66. The van der Waals surface area contributed by atoms with Crippen LogP contribution >= 0.6 is 0 Å². The molecular weight excluding hydrogens is 344 g/mol. The molecule has 0 aliphatic carbocycles. The molecule has 0 aromatic heterocycles. The van der Waals surface area contributed by atoms with Crippen molar-refractivity contribution in [1.29, 1.82) is 0 Å². The van der Waals surface area contributed by atoms with Crippen molar-refractivity contribution >= 4 is 6.29 Å². The number of hydrogen-bond acceptors (Lipinski definition) is 5. The van der Waals surface area contributed by atoms with Gasteiger partial charge in [0.2, 0.25) is 0 Å². The molecule has 2 atom stereocenters. The number of benzene rings is 2. The Balaban J connectivity index is 1.74. The quantitative estimate of drug-likeness (QED) is 0.301. The van der Waals surface area contributed by atoms with Gasteiger partial charge in [0.15, 0.2) is 6.29 Å². The molecule has 0 saturated heterocycles. The second kappa shape index (κ2) is 11.6. The van der Waals surface area contributed by atoms with E-state index in [4.69, 9.17) is 18.9 Å². The normalized spacial score (nSPS) is 14.4. The van der Waals surface area contributed by atoms with Crippen LogP contribution in [0.1, 0.15) is 31.4 Å². The van der Waals surface area contributed by atoms with Gasteiger partial charge in [0.05, 0.1) is 19.3 Å². The third kappa shape index (κ3) is 7.23. The molecule has 0 spiro atoms. The largest absolute Gasteiger partial charge is 0.351 e. The Kier molecular flexibility index (Phi) is 9.15. The summed E-state index contributed by atoms with van der Waals surface area (Å²) in [4.78, 5) is 11.6. The van der Waals surface area contributed by atoms with E-state index in [2.05, 4.69) is 0 Å². The molecular formula is C22H28O5. The van der Waals surface area contributed by atoms with Crippen molar-refractivity contribution in [3.8, 4) is 0 Å². The molecule has 0 amide bonds. The van der Waals surface area contributed by atoms with E-state index >= 15 is 0 Å². The van der Waals surface area contributed by atoms with Gasteiger partial charge in [0.25, 0.3) is 0 Å². The number of ether oxygens (including phenoxy) is 4. The van der Waals surface area contributed by atoms with Crippen molar-refractivity contribution in [2.75, 3.05) is 13.6 Å². The lowest BCUT2D eigenvalue weighted by molar-refractivity contribution is -0.206. The molecule has 2 aromatic rings. The Labute approximate surface area is 161 Å². The van der Waals surface area contributed by atoms with Crippen LogP contribution in [0.15, 0.2) is 60.7 Å². The highest BCUT2D eigenvalue weighted by molar-refractivity contribution is 5.63. The van der Waals surface area contributed by atoms with Gasteiger partial charge in [-0.2, -0.15) is 0 Å². The molecule has 0 radical (unpaired) electrons. The zero-order valence-corrected chi connectivity index (χ0v) is 16.0. The van der Waals surface area contributed by atoms with E-state index in [0.29, 0.717) is 19.6 Å². The summed E-state index contributed by atoms with van der Waals surface area (Å²) < 4.78 is 22.5. The maximum absolute atomic E-state index is 11.6. The summed E-state index contributed by atoms with van der Waals surface area (Å²) in [5, 5.41) is 0. The SMILES string of the molecule is CC[C@@H](OCOCc1ccccc1)[C@](C)(C=O)OCOCc1ccccc1. The first-order chi connectivity index (χ1) is 13.2. The number of hydrogen-bond donors (Lipinski definition) is 0. The lowest BCUT2D eigenvalue weighted by atomic mass is 9.98. The molecule has 0 saturated carbocycles. The highest BCUT2D eigenvalue weighted by Crippen LogP contribution is 2.20. The van der Waals surface area contributed by atoms with E-state index in [1.807, 2.05) is 67.6 Å². The number of carbonyl (C=O) groups excluding carboxylic acids is 1. The molecule has 0 aliphatic heterocycles. The molecule has 27 heavy (non-hydrogen) atoms. The zero-order valence-electron chi connectivity index (χ0n) is 16.0. The summed E-state index contributed by atoms with van der Waals surface area (Å²) in [6.07, 6.45) is 0.957. The molecule has 0 unspecified atom stereocenters. The summed E-state index contributed by atoms with van der Waals surface area (Å²) in [6, 6.07) is 19.6. The van der Waals surface area contributed by atoms with Crippen LogP contribution in [0.2, 0.25) is 0 Å². The van der Waals surface area contributed by atoms with E-state index in [1.54, 1.807) is 6.92 Å². The van der Waals surface area contributed by atoms with Gasteiger partial charge in [-0.25, -0.2) is 0 Å². The summed E-state index contributed by atoms with van der Waals surface area (Å²) >= 11 is 0. The van der Waals surface area contributed by atoms with Gasteiger partial charge < -0.3 is 23.7 Å². The van der Waals surface area contributed by atoms with Gasteiger partial charge >= 0.3 is 0 Å². The van der Waals surface area contributed by atoms with Gasteiger partial charge in [0.1, 0.15) is 19.2 Å². The van der Waals surface area contributed by atoms with E-state index in [0.717, 1.165) is 17.4 Å². The molecule has 0 aliphatic rings. The highest BCUT2D eigenvalue weighted by atomic mass is 16.7. The first-order valence-corrected chi connectivity index (χ1v) is 9.13. The summed E-state index contributed by atoms with van der Waals surface area (Å²) in [6.45, 7) is 4.62. The van der Waals surface area contributed by atoms with Gasteiger partial charge in [0, 0.05) is 0 Å². The van der Waals surface area contributed by atoms with E-state index in [9.17, 15) is 4.79 Å². The first-order valence-electron chi connectivity index (χ1n) is 9.13. The average molecular weight is 372 g/mol. The van der Waals surface area contributed by atoms with Gasteiger partial charge in [-0.3, -0.25) is 0 Å². The molecule has 2 rings (SSSR count). The van der Waals surface area contributed by atoms with E-state index < -0.39 is 11.7 Å². The molecule has 0 N–H and O–H groups in total. The molecule has 0 fully saturated rings. The molecule has 0 heterocycles. The number of aldehydes is 1. The summed E-state index contributed by atoms with van der Waals surface area (Å²) in [5.41, 5.74) is 1.02. The van der Waals surface area contributed by atoms with Gasteiger partial charge in [-0.05, 0) is 24.5 Å². The van der Waals surface area contributed by atoms with Crippen LogP contribution in [0, 0.1) is 0 Å². The van der Waals surface area contributed by atoms with Crippen molar-refractivity contribution in [1.82, 2.24) is 0 Å². The maximum atomic E-state index is 11.6. The topological polar surface area (TPSA) is 54.0 Å². The van der Waals surface area contributed by atoms with Gasteiger partial charge in [-0.15, -0.1) is 0 Å². The van der Waals surface area contributed by atoms with Gasteiger partial charge in [-0.1, -0.05) is 67.6 Å². The number of rotatable bonds is 13. The lowest BCUT2D eigenvalue weighted by Crippen LogP contribution is -2.45. The lowest BCUT2D eigenvalue weighted by Gasteiger charge is -2.31. The molecule has 146 valence electrons. The van der Waals surface area contributed by atoms with Crippen LogP contribution < -0.4 is 0 Å². The molecule has 0 bridgehead atoms. The Hall–Kier alpha value is -2.05. The van der Waals surface area contributed by atoms with Crippen LogP contribution in [-0.4, -0.2) is 31.6 Å². The Bertz CT molecular complexity index is 646. The molecule has 5 nitrogen and oxygen atoms in total. The summed E-state index contributed by atoms with van der Waals surface area (Å²) in [7, 11) is 0. The monoisotopic (exact) mass is 372 g/mol. The van der Waals surface area contributed by atoms with Crippen molar-refractivity contribution in [3.05, 3.63) is 71.8 Å². The highest BCUT2D eigenvalue weighted by Gasteiger charge is 2.35. The van der Waals surface area contributed by atoms with Crippen LogP contribution in [0.25, 0.3) is 0 Å². The van der Waals surface area contributed by atoms with E-state index in [-0.39, 0.29) is 13.6 Å². The van der Waals surface area contributed by atoms with Crippen LogP contribution in [-0.2, 0) is 37.0 Å². The van der Waals surface area contributed by atoms with Crippen LogP contribution in [0.4, 0.5) is 0 Å². The smallest absolute Gasteiger partial charge is 0.154 e. The van der Waals surface area contributed by atoms with Crippen molar-refractivity contribution in [2.24, 2.45) is 0 Å². The third-order valence-corrected chi connectivity index (χ3v) is 4.27. The summed E-state index contributed by atoms with van der Waals surface area (Å²) in [5.74, 6) is 0. The minimum absolute atomic E-state index is 0.00880. The molecule has 5 heteroatoms. The Morgan fingerprint density at radius 2 is 1.41 bits per heavy atom. The van der Waals surface area contributed by atoms with Crippen molar-refractivity contribution in [2.45, 2.75) is 45.2 Å². The predicted molar refractivity (Wildman–Crippen MR) is 103 cm³/mol. The van der Waals surface area contributed by atoms with E-state index in [1.165, 1.54) is 0 Å². The van der Waals surface area contributed by atoms with Crippen molar-refractivity contribution in [3.63, 3.8) is 0 Å². The zero-order chi connectivity index (χ0) is 19.4. The van der Waals surface area contributed by atoms with Crippen LogP contribution in [0.5, 0.6) is 0 Å².